The van der Waals surface area contributed by atoms with Gasteiger partial charge in [0.15, 0.2) is 0 Å². The number of para-hydroxylation sites is 1. The molecule has 6 heteroatoms. The zero-order valence-electron chi connectivity index (χ0n) is 13.3. The molecule has 6 nitrogen and oxygen atoms in total. The van der Waals surface area contributed by atoms with Gasteiger partial charge in [-0.05, 0) is 18.9 Å². The summed E-state index contributed by atoms with van der Waals surface area (Å²) in [6.45, 7) is 0.276. The number of aryl methyl sites for hydroxylation is 1. The summed E-state index contributed by atoms with van der Waals surface area (Å²) in [4.78, 5) is 24.6. The average Bonchev–Trinajstić information content (AvgIpc) is 3.34. The minimum absolute atomic E-state index is 0.212. The van der Waals surface area contributed by atoms with E-state index in [0.717, 1.165) is 29.5 Å². The van der Waals surface area contributed by atoms with E-state index >= 15 is 0 Å². The highest BCUT2D eigenvalue weighted by molar-refractivity contribution is 6.06. The zero-order valence-corrected chi connectivity index (χ0v) is 13.3. The third-order valence-corrected chi connectivity index (χ3v) is 4.39. The van der Waals surface area contributed by atoms with Gasteiger partial charge >= 0.3 is 0 Å². The molecule has 0 bridgehead atoms. The zero-order chi connectivity index (χ0) is 16.7. The Morgan fingerprint density at radius 2 is 2.12 bits per heavy atom. The highest BCUT2D eigenvalue weighted by Crippen LogP contribution is 2.40. The number of pyridine rings is 1. The molecule has 1 amide bonds. The molecule has 0 radical (unpaired) electrons. The van der Waals surface area contributed by atoms with Crippen LogP contribution < -0.4 is 10.9 Å². The average molecular weight is 323 g/mol. The molecule has 24 heavy (non-hydrogen) atoms. The van der Waals surface area contributed by atoms with Crippen LogP contribution >= 0.6 is 0 Å². The van der Waals surface area contributed by atoms with Gasteiger partial charge in [0, 0.05) is 30.5 Å². The highest BCUT2D eigenvalue weighted by atomic mass is 16.5. The predicted molar refractivity (Wildman–Crippen MR) is 88.8 cm³/mol. The maximum Gasteiger partial charge on any atom is 0.252 e. The molecule has 1 N–H and O–H groups in total. The summed E-state index contributed by atoms with van der Waals surface area (Å²) < 4.78 is 6.81. The minimum atomic E-state index is -0.292. The van der Waals surface area contributed by atoms with Crippen molar-refractivity contribution in [2.45, 2.75) is 25.3 Å². The predicted octanol–water partition coefficient (Wildman–Crippen LogP) is 2.33. The molecule has 3 aromatic rings. The molecule has 0 atom stereocenters. The molecule has 4 rings (SSSR count). The number of aromatic nitrogens is 2. The van der Waals surface area contributed by atoms with Crippen LogP contribution in [-0.4, -0.2) is 15.6 Å². The second kappa shape index (κ2) is 5.63. The first-order chi connectivity index (χ1) is 11.6. The third kappa shape index (κ3) is 2.60. The second-order valence-electron chi connectivity index (χ2n) is 6.15. The number of hydrogen-bond acceptors (Lipinski definition) is 4. The quantitative estimate of drug-likeness (QED) is 0.799. The van der Waals surface area contributed by atoms with E-state index in [1.54, 1.807) is 7.05 Å². The lowest BCUT2D eigenvalue weighted by molar-refractivity contribution is 0.0951. The van der Waals surface area contributed by atoms with Gasteiger partial charge in [0.2, 0.25) is 0 Å². The van der Waals surface area contributed by atoms with Crippen molar-refractivity contribution in [3.63, 3.8) is 0 Å². The van der Waals surface area contributed by atoms with Crippen LogP contribution in [0.25, 0.3) is 10.9 Å². The van der Waals surface area contributed by atoms with Gasteiger partial charge < -0.3 is 14.4 Å². The molecule has 0 saturated heterocycles. The van der Waals surface area contributed by atoms with Gasteiger partial charge in [-0.15, -0.1) is 0 Å². The van der Waals surface area contributed by atoms with Gasteiger partial charge in [0.05, 0.1) is 17.6 Å². The molecule has 0 spiro atoms. The number of nitrogens with zero attached hydrogens (tertiary/aromatic N) is 2. The summed E-state index contributed by atoms with van der Waals surface area (Å²) in [5, 5.41) is 7.54. The van der Waals surface area contributed by atoms with Gasteiger partial charge in [-0.3, -0.25) is 9.59 Å². The number of rotatable bonds is 4. The first-order valence-corrected chi connectivity index (χ1v) is 7.96. The van der Waals surface area contributed by atoms with E-state index in [1.165, 1.54) is 10.6 Å². The Kier molecular flexibility index (Phi) is 3.45. The maximum absolute atomic E-state index is 12.5. The second-order valence-corrected chi connectivity index (χ2v) is 6.15. The Balaban J connectivity index is 1.58. The van der Waals surface area contributed by atoms with Gasteiger partial charge in [0.1, 0.15) is 11.5 Å². The topological polar surface area (TPSA) is 77.1 Å². The summed E-state index contributed by atoms with van der Waals surface area (Å²) in [7, 11) is 1.70. The van der Waals surface area contributed by atoms with Gasteiger partial charge in [-0.25, -0.2) is 0 Å². The molecule has 0 unspecified atom stereocenters. The Morgan fingerprint density at radius 1 is 1.33 bits per heavy atom. The molecule has 1 aliphatic rings. The van der Waals surface area contributed by atoms with Crippen LogP contribution in [-0.2, 0) is 13.6 Å². The normalized spacial score (nSPS) is 14.0. The third-order valence-electron chi connectivity index (χ3n) is 4.39. The van der Waals surface area contributed by atoms with Crippen LogP contribution in [0.2, 0.25) is 0 Å². The summed E-state index contributed by atoms with van der Waals surface area (Å²) in [5.74, 6) is 1.08. The number of hydrogen-bond donors (Lipinski definition) is 1. The molecule has 2 aromatic heterocycles. The Hall–Kier alpha value is -2.89. The molecule has 1 saturated carbocycles. The van der Waals surface area contributed by atoms with Crippen LogP contribution in [0, 0.1) is 0 Å². The molecule has 1 fully saturated rings. The fourth-order valence-electron chi connectivity index (χ4n) is 2.84. The van der Waals surface area contributed by atoms with Crippen LogP contribution in [0.1, 0.15) is 40.6 Å². The lowest BCUT2D eigenvalue weighted by atomic mass is 10.1. The molecule has 1 aliphatic carbocycles. The molecular weight excluding hydrogens is 306 g/mol. The number of fused-ring (bicyclic) bond motifs is 1. The monoisotopic (exact) mass is 323 g/mol. The molecule has 2 heterocycles. The smallest absolute Gasteiger partial charge is 0.252 e. The summed E-state index contributed by atoms with van der Waals surface area (Å²) >= 11 is 0. The summed E-state index contributed by atoms with van der Waals surface area (Å²) in [6, 6.07) is 10.6. The van der Waals surface area contributed by atoms with Crippen molar-refractivity contribution in [3.8, 4) is 0 Å². The summed E-state index contributed by atoms with van der Waals surface area (Å²) in [6.07, 6.45) is 2.28. The number of carbonyl (C=O) groups excluding carboxylic acids is 1. The standard InChI is InChI=1S/C18H17N3O3/c1-21-15-5-3-2-4-13(15)14(9-17(21)22)18(23)19-10-12-8-16(24-20-12)11-6-7-11/h2-5,8-9,11H,6-7,10H2,1H3,(H,19,23). The summed E-state index contributed by atoms with van der Waals surface area (Å²) in [5.41, 5.74) is 1.59. The van der Waals surface area contributed by atoms with Crippen molar-refractivity contribution >= 4 is 16.8 Å². The highest BCUT2D eigenvalue weighted by Gasteiger charge is 2.27. The Morgan fingerprint density at radius 3 is 2.92 bits per heavy atom. The van der Waals surface area contributed by atoms with E-state index in [1.807, 2.05) is 30.3 Å². The van der Waals surface area contributed by atoms with Gasteiger partial charge in [-0.2, -0.15) is 0 Å². The van der Waals surface area contributed by atoms with E-state index < -0.39 is 0 Å². The van der Waals surface area contributed by atoms with Crippen LogP contribution in [0.3, 0.4) is 0 Å². The first kappa shape index (κ1) is 14.7. The van der Waals surface area contributed by atoms with Crippen molar-refractivity contribution in [1.82, 2.24) is 15.0 Å². The first-order valence-electron chi connectivity index (χ1n) is 7.96. The molecular formula is C18H17N3O3. The van der Waals surface area contributed by atoms with Crippen molar-refractivity contribution < 1.29 is 9.32 Å². The van der Waals surface area contributed by atoms with Crippen molar-refractivity contribution in [1.29, 1.82) is 0 Å². The Bertz CT molecular complexity index is 983. The number of benzene rings is 1. The number of amides is 1. The maximum atomic E-state index is 12.5. The van der Waals surface area contributed by atoms with Crippen LogP contribution in [0.15, 0.2) is 45.7 Å². The molecule has 1 aromatic carbocycles. The van der Waals surface area contributed by atoms with Crippen LogP contribution in [0.5, 0.6) is 0 Å². The largest absolute Gasteiger partial charge is 0.361 e. The van der Waals surface area contributed by atoms with Crippen LogP contribution in [0.4, 0.5) is 0 Å². The lowest BCUT2D eigenvalue weighted by Crippen LogP contribution is -2.26. The SMILES string of the molecule is Cn1c(=O)cc(C(=O)NCc2cc(C3CC3)on2)c2ccccc21. The lowest BCUT2D eigenvalue weighted by Gasteiger charge is -2.09. The van der Waals surface area contributed by atoms with Gasteiger partial charge in [-0.1, -0.05) is 23.4 Å². The van der Waals surface area contributed by atoms with E-state index in [4.69, 9.17) is 4.52 Å². The van der Waals surface area contributed by atoms with Crippen molar-refractivity contribution in [2.75, 3.05) is 0 Å². The van der Waals surface area contributed by atoms with E-state index in [0.29, 0.717) is 17.2 Å². The fraction of sp³-hybridized carbons (Fsp3) is 0.278. The van der Waals surface area contributed by atoms with E-state index in [-0.39, 0.29) is 18.0 Å². The number of nitrogens with one attached hydrogen (secondary N) is 1. The fourth-order valence-corrected chi connectivity index (χ4v) is 2.84. The van der Waals surface area contributed by atoms with E-state index in [9.17, 15) is 9.59 Å². The minimum Gasteiger partial charge on any atom is -0.361 e. The number of carbonyl (C=O) groups is 1. The van der Waals surface area contributed by atoms with Crippen molar-refractivity contribution in [3.05, 3.63) is 63.8 Å². The molecule has 0 aliphatic heterocycles. The van der Waals surface area contributed by atoms with Gasteiger partial charge in [0.25, 0.3) is 11.5 Å². The van der Waals surface area contributed by atoms with E-state index in [2.05, 4.69) is 10.5 Å². The van der Waals surface area contributed by atoms with Crippen molar-refractivity contribution in [2.24, 2.45) is 7.05 Å². The molecule has 122 valence electrons. The Labute approximate surface area is 138 Å².